The molecular weight excluding hydrogens is 242 g/mol. The predicted molar refractivity (Wildman–Crippen MR) is 72.4 cm³/mol. The third-order valence-electron chi connectivity index (χ3n) is 3.78. The molecule has 1 amide bonds. The van der Waals surface area contributed by atoms with E-state index in [0.717, 1.165) is 18.5 Å². The summed E-state index contributed by atoms with van der Waals surface area (Å²) in [5.74, 6) is 0.335. The zero-order valence-corrected chi connectivity index (χ0v) is 11.2. The Hall–Kier alpha value is -1.46. The van der Waals surface area contributed by atoms with Gasteiger partial charge in [0.05, 0.1) is 11.8 Å². The van der Waals surface area contributed by atoms with Crippen molar-refractivity contribution in [3.05, 3.63) is 29.6 Å². The Bertz CT molecular complexity index is 440. The lowest BCUT2D eigenvalue weighted by Crippen LogP contribution is -2.40. The summed E-state index contributed by atoms with van der Waals surface area (Å²) in [4.78, 5) is 18.3. The summed E-state index contributed by atoms with van der Waals surface area (Å²) >= 11 is 0. The van der Waals surface area contributed by atoms with E-state index >= 15 is 0 Å². The quantitative estimate of drug-likeness (QED) is 0.844. The van der Waals surface area contributed by atoms with E-state index in [9.17, 15) is 9.90 Å². The number of carbonyl (C=O) groups is 1. The maximum atomic E-state index is 12.3. The first-order valence-corrected chi connectivity index (χ1v) is 6.74. The SMILES string of the molecule is CC(O)C1CCN(C(=O)c2ccnc(CN)c2)CC1. The number of rotatable bonds is 3. The fraction of sp³-hybridized carbons (Fsp3) is 0.571. The molecule has 1 atom stereocenters. The van der Waals surface area contributed by atoms with E-state index < -0.39 is 0 Å². The first-order chi connectivity index (χ1) is 9.11. The minimum absolute atomic E-state index is 0.0288. The highest BCUT2D eigenvalue weighted by Gasteiger charge is 2.26. The van der Waals surface area contributed by atoms with Crippen LogP contribution in [0.2, 0.25) is 0 Å². The second kappa shape index (κ2) is 6.12. The number of hydrogen-bond acceptors (Lipinski definition) is 4. The van der Waals surface area contributed by atoms with Crippen molar-refractivity contribution in [3.63, 3.8) is 0 Å². The highest BCUT2D eigenvalue weighted by atomic mass is 16.3. The lowest BCUT2D eigenvalue weighted by atomic mass is 9.92. The van der Waals surface area contributed by atoms with Gasteiger partial charge in [-0.25, -0.2) is 0 Å². The maximum Gasteiger partial charge on any atom is 0.253 e. The topological polar surface area (TPSA) is 79.5 Å². The lowest BCUT2D eigenvalue weighted by Gasteiger charge is -2.33. The van der Waals surface area contributed by atoms with Crippen molar-refractivity contribution in [1.82, 2.24) is 9.88 Å². The van der Waals surface area contributed by atoms with Crippen LogP contribution in [0.4, 0.5) is 0 Å². The number of nitrogens with two attached hydrogens (primary N) is 1. The zero-order valence-electron chi connectivity index (χ0n) is 11.2. The molecule has 1 aromatic heterocycles. The number of pyridine rings is 1. The van der Waals surface area contributed by atoms with Crippen LogP contribution in [-0.2, 0) is 6.54 Å². The number of aromatic nitrogens is 1. The van der Waals surface area contributed by atoms with E-state index in [-0.39, 0.29) is 12.0 Å². The van der Waals surface area contributed by atoms with Crippen LogP contribution in [0.15, 0.2) is 18.3 Å². The summed E-state index contributed by atoms with van der Waals surface area (Å²) in [5, 5.41) is 9.56. The number of nitrogens with zero attached hydrogens (tertiary/aromatic N) is 2. The molecule has 1 unspecified atom stereocenters. The molecule has 1 saturated heterocycles. The molecule has 5 nitrogen and oxygen atoms in total. The van der Waals surface area contributed by atoms with Gasteiger partial charge in [0.15, 0.2) is 0 Å². The first-order valence-electron chi connectivity index (χ1n) is 6.74. The Labute approximate surface area is 113 Å². The van der Waals surface area contributed by atoms with Crippen molar-refractivity contribution in [3.8, 4) is 0 Å². The standard InChI is InChI=1S/C14H21N3O2/c1-10(18)11-3-6-17(7-4-11)14(19)12-2-5-16-13(8-12)9-15/h2,5,8,10-11,18H,3-4,6-7,9,15H2,1H3. The summed E-state index contributed by atoms with van der Waals surface area (Å²) in [7, 11) is 0. The second-order valence-corrected chi connectivity index (χ2v) is 5.11. The molecule has 104 valence electrons. The van der Waals surface area contributed by atoms with Gasteiger partial charge < -0.3 is 15.7 Å². The zero-order chi connectivity index (χ0) is 13.8. The van der Waals surface area contributed by atoms with Crippen LogP contribution in [-0.4, -0.2) is 40.1 Å². The maximum absolute atomic E-state index is 12.3. The fourth-order valence-electron chi connectivity index (χ4n) is 2.49. The van der Waals surface area contributed by atoms with Crippen molar-refractivity contribution in [2.45, 2.75) is 32.4 Å². The van der Waals surface area contributed by atoms with Gasteiger partial charge in [0.2, 0.25) is 0 Å². The van der Waals surface area contributed by atoms with Crippen molar-refractivity contribution in [1.29, 1.82) is 0 Å². The first kappa shape index (κ1) is 14.0. The van der Waals surface area contributed by atoms with Crippen LogP contribution in [0.3, 0.4) is 0 Å². The monoisotopic (exact) mass is 263 g/mol. The summed E-state index contributed by atoms with van der Waals surface area (Å²) < 4.78 is 0. The van der Waals surface area contributed by atoms with Gasteiger partial charge in [-0.1, -0.05) is 0 Å². The second-order valence-electron chi connectivity index (χ2n) is 5.11. The van der Waals surface area contributed by atoms with E-state index in [1.807, 2.05) is 11.8 Å². The van der Waals surface area contributed by atoms with Crippen LogP contribution in [0.5, 0.6) is 0 Å². The van der Waals surface area contributed by atoms with Crippen molar-refractivity contribution in [2.75, 3.05) is 13.1 Å². The highest BCUT2D eigenvalue weighted by molar-refractivity contribution is 5.94. The van der Waals surface area contributed by atoms with Gasteiger partial charge in [-0.05, 0) is 37.8 Å². The van der Waals surface area contributed by atoms with Crippen molar-refractivity contribution < 1.29 is 9.90 Å². The Kier molecular flexibility index (Phi) is 4.50. The van der Waals surface area contributed by atoms with Crippen LogP contribution >= 0.6 is 0 Å². The third kappa shape index (κ3) is 3.30. The molecule has 2 rings (SSSR count). The molecule has 19 heavy (non-hydrogen) atoms. The minimum Gasteiger partial charge on any atom is -0.393 e. The molecule has 0 aliphatic carbocycles. The summed E-state index contributed by atoms with van der Waals surface area (Å²) in [6.07, 6.45) is 3.05. The van der Waals surface area contributed by atoms with E-state index in [1.54, 1.807) is 18.3 Å². The van der Waals surface area contributed by atoms with Gasteiger partial charge in [-0.2, -0.15) is 0 Å². The Balaban J connectivity index is 2.01. The van der Waals surface area contributed by atoms with Gasteiger partial charge in [-0.3, -0.25) is 9.78 Å². The molecule has 0 aromatic carbocycles. The average Bonchev–Trinajstić information content (AvgIpc) is 2.46. The molecule has 0 spiro atoms. The van der Waals surface area contributed by atoms with Gasteiger partial charge in [0, 0.05) is 31.4 Å². The molecule has 3 N–H and O–H groups in total. The van der Waals surface area contributed by atoms with Crippen LogP contribution < -0.4 is 5.73 Å². The highest BCUT2D eigenvalue weighted by Crippen LogP contribution is 2.21. The van der Waals surface area contributed by atoms with Crippen molar-refractivity contribution >= 4 is 5.91 Å². The molecule has 1 aromatic rings. The van der Waals surface area contributed by atoms with Crippen LogP contribution in [0.25, 0.3) is 0 Å². The third-order valence-corrected chi connectivity index (χ3v) is 3.78. The molecule has 1 fully saturated rings. The van der Waals surface area contributed by atoms with Crippen LogP contribution in [0, 0.1) is 5.92 Å². The molecular formula is C14H21N3O2. The van der Waals surface area contributed by atoms with Crippen LogP contribution in [0.1, 0.15) is 35.8 Å². The fourth-order valence-corrected chi connectivity index (χ4v) is 2.49. The molecule has 1 aliphatic heterocycles. The molecule has 0 radical (unpaired) electrons. The Morgan fingerprint density at radius 3 is 2.84 bits per heavy atom. The Morgan fingerprint density at radius 1 is 1.58 bits per heavy atom. The molecule has 1 aliphatic rings. The summed E-state index contributed by atoms with van der Waals surface area (Å²) in [5.41, 5.74) is 6.90. The average molecular weight is 263 g/mol. The number of hydrogen-bond donors (Lipinski definition) is 2. The number of aliphatic hydroxyl groups excluding tert-OH is 1. The smallest absolute Gasteiger partial charge is 0.253 e. The molecule has 0 saturated carbocycles. The molecule has 0 bridgehead atoms. The van der Waals surface area contributed by atoms with E-state index in [0.29, 0.717) is 31.1 Å². The van der Waals surface area contributed by atoms with Gasteiger partial charge in [0.1, 0.15) is 0 Å². The van der Waals surface area contributed by atoms with Crippen molar-refractivity contribution in [2.24, 2.45) is 11.7 Å². The Morgan fingerprint density at radius 2 is 2.26 bits per heavy atom. The van der Waals surface area contributed by atoms with E-state index in [2.05, 4.69) is 4.98 Å². The van der Waals surface area contributed by atoms with Gasteiger partial charge >= 0.3 is 0 Å². The molecule has 5 heteroatoms. The summed E-state index contributed by atoms with van der Waals surface area (Å²) in [6, 6.07) is 3.48. The van der Waals surface area contributed by atoms with Gasteiger partial charge in [-0.15, -0.1) is 0 Å². The van der Waals surface area contributed by atoms with E-state index in [1.165, 1.54) is 0 Å². The predicted octanol–water partition coefficient (Wildman–Crippen LogP) is 0.773. The van der Waals surface area contributed by atoms with E-state index in [4.69, 9.17) is 5.73 Å². The summed E-state index contributed by atoms with van der Waals surface area (Å²) in [6.45, 7) is 3.56. The molecule has 2 heterocycles. The number of likely N-dealkylation sites (tertiary alicyclic amines) is 1. The number of piperidine rings is 1. The number of amides is 1. The number of carbonyl (C=O) groups excluding carboxylic acids is 1. The normalized spacial score (nSPS) is 18.4. The number of aliphatic hydroxyl groups is 1. The minimum atomic E-state index is -0.290. The lowest BCUT2D eigenvalue weighted by molar-refractivity contribution is 0.0521. The van der Waals surface area contributed by atoms with Gasteiger partial charge in [0.25, 0.3) is 5.91 Å². The largest absolute Gasteiger partial charge is 0.393 e.